The fourth-order valence-corrected chi connectivity index (χ4v) is 4.09. The second-order valence-electron chi connectivity index (χ2n) is 6.52. The Kier molecular flexibility index (Phi) is 5.87. The maximum atomic E-state index is 5.94. The highest BCUT2D eigenvalue weighted by Gasteiger charge is 2.29. The summed E-state index contributed by atoms with van der Waals surface area (Å²) < 4.78 is 0. The van der Waals surface area contributed by atoms with E-state index < -0.39 is 0 Å². The highest BCUT2D eigenvalue weighted by molar-refractivity contribution is 8.13. The zero-order valence-corrected chi connectivity index (χ0v) is 16.0. The fraction of sp³-hybridized carbons (Fsp3) is 0.286. The van der Waals surface area contributed by atoms with E-state index in [0.717, 1.165) is 30.0 Å². The Morgan fingerprint density at radius 1 is 1.24 bits per heavy atom. The molecular weight excluding hydrogens is 348 g/mol. The molecule has 1 unspecified atom stereocenters. The van der Waals surface area contributed by atoms with Crippen LogP contribution in [0.2, 0.25) is 5.02 Å². The lowest BCUT2D eigenvalue weighted by molar-refractivity contribution is 0.482. The van der Waals surface area contributed by atoms with Gasteiger partial charge in [0.05, 0.1) is 5.54 Å². The van der Waals surface area contributed by atoms with Crippen molar-refractivity contribution in [1.82, 2.24) is 0 Å². The lowest BCUT2D eigenvalue weighted by Gasteiger charge is -2.29. The molecule has 2 nitrogen and oxygen atoms in total. The molecule has 0 amide bonds. The van der Waals surface area contributed by atoms with Gasteiger partial charge in [-0.1, -0.05) is 65.8 Å². The van der Waals surface area contributed by atoms with E-state index in [-0.39, 0.29) is 5.54 Å². The molecule has 0 aliphatic carbocycles. The number of amidine groups is 1. The lowest BCUT2D eigenvalue weighted by atomic mass is 9.89. The number of benzene rings is 2. The first-order valence-corrected chi connectivity index (χ1v) is 9.91. The third-order valence-electron chi connectivity index (χ3n) is 4.53. The first-order valence-electron chi connectivity index (χ1n) is 8.55. The number of halogens is 1. The van der Waals surface area contributed by atoms with Gasteiger partial charge in [0.2, 0.25) is 0 Å². The van der Waals surface area contributed by atoms with Crippen LogP contribution in [0.3, 0.4) is 0 Å². The highest BCUT2D eigenvalue weighted by Crippen LogP contribution is 2.35. The maximum absolute atomic E-state index is 5.94. The molecule has 0 saturated carbocycles. The van der Waals surface area contributed by atoms with Gasteiger partial charge in [-0.25, -0.2) is 0 Å². The monoisotopic (exact) mass is 370 g/mol. The van der Waals surface area contributed by atoms with E-state index in [9.17, 15) is 0 Å². The van der Waals surface area contributed by atoms with Crippen LogP contribution in [-0.4, -0.2) is 10.9 Å². The predicted octanol–water partition coefficient (Wildman–Crippen LogP) is 5.65. The predicted molar refractivity (Wildman–Crippen MR) is 111 cm³/mol. The number of aryl methyl sites for hydroxylation is 1. The third-order valence-corrected chi connectivity index (χ3v) is 5.57. The van der Waals surface area contributed by atoms with Crippen molar-refractivity contribution in [3.8, 4) is 0 Å². The van der Waals surface area contributed by atoms with Crippen LogP contribution in [0.4, 0.5) is 0 Å². The molecule has 0 radical (unpaired) electrons. The molecular formula is C21H23ClN2S. The third kappa shape index (κ3) is 4.90. The van der Waals surface area contributed by atoms with Crippen molar-refractivity contribution >= 4 is 34.6 Å². The van der Waals surface area contributed by atoms with Crippen molar-refractivity contribution in [3.05, 3.63) is 76.3 Å². The van der Waals surface area contributed by atoms with E-state index in [1.807, 2.05) is 12.1 Å². The van der Waals surface area contributed by atoms with E-state index in [2.05, 4.69) is 55.5 Å². The second-order valence-corrected chi connectivity index (χ2v) is 8.07. The molecule has 0 bridgehead atoms. The number of hydrogen-bond donors (Lipinski definition) is 1. The molecule has 25 heavy (non-hydrogen) atoms. The van der Waals surface area contributed by atoms with Crippen LogP contribution in [0.5, 0.6) is 0 Å². The molecule has 4 heteroatoms. The minimum atomic E-state index is -0.206. The molecule has 1 heterocycles. The summed E-state index contributed by atoms with van der Waals surface area (Å²) in [6, 6.07) is 16.7. The highest BCUT2D eigenvalue weighted by atomic mass is 35.5. The zero-order valence-electron chi connectivity index (χ0n) is 14.4. The van der Waals surface area contributed by atoms with Crippen molar-refractivity contribution in [1.29, 1.82) is 0 Å². The number of rotatable bonds is 5. The van der Waals surface area contributed by atoms with Crippen LogP contribution < -0.4 is 5.73 Å². The maximum Gasteiger partial charge on any atom is 0.154 e. The minimum Gasteiger partial charge on any atom is -0.379 e. The van der Waals surface area contributed by atoms with Gasteiger partial charge in [0.1, 0.15) is 0 Å². The Bertz CT molecular complexity index is 783. The standard InChI is InChI=1S/C21H23ClN2S/c1-21(13-14-25-20(23)24-21)18-8-4-7-17(15-18)6-3-2-5-16-9-11-19(22)12-10-16/h3-4,6-12,15H,2,5,13-14H2,1H3,(H2,23,24). The molecule has 0 fully saturated rings. The van der Waals surface area contributed by atoms with E-state index >= 15 is 0 Å². The van der Waals surface area contributed by atoms with Gasteiger partial charge in [-0.2, -0.15) is 0 Å². The van der Waals surface area contributed by atoms with Crippen LogP contribution in [0.15, 0.2) is 59.6 Å². The molecule has 130 valence electrons. The first-order chi connectivity index (χ1) is 12.0. The Morgan fingerprint density at radius 3 is 2.80 bits per heavy atom. The van der Waals surface area contributed by atoms with Crippen LogP contribution in [0, 0.1) is 0 Å². The van der Waals surface area contributed by atoms with E-state index in [1.54, 1.807) is 11.8 Å². The molecule has 0 aromatic heterocycles. The second kappa shape index (κ2) is 8.11. The average Bonchev–Trinajstić information content (AvgIpc) is 2.60. The number of nitrogens with two attached hydrogens (primary N) is 1. The van der Waals surface area contributed by atoms with Gasteiger partial charge in [-0.05, 0) is 61.1 Å². The van der Waals surface area contributed by atoms with Crippen LogP contribution in [0.1, 0.15) is 36.5 Å². The molecule has 1 aliphatic heterocycles. The quantitative estimate of drug-likeness (QED) is 0.738. The molecule has 1 atom stereocenters. The first kappa shape index (κ1) is 18.1. The summed E-state index contributed by atoms with van der Waals surface area (Å²) in [6.07, 6.45) is 7.45. The average molecular weight is 371 g/mol. The topological polar surface area (TPSA) is 38.4 Å². The number of aliphatic imine (C=N–C) groups is 1. The number of hydrogen-bond acceptors (Lipinski definition) is 3. The van der Waals surface area contributed by atoms with Crippen molar-refractivity contribution in [2.45, 2.75) is 31.7 Å². The Morgan fingerprint density at radius 2 is 2.04 bits per heavy atom. The number of allylic oxidation sites excluding steroid dienone is 1. The van der Waals surface area contributed by atoms with Gasteiger partial charge >= 0.3 is 0 Å². The summed E-state index contributed by atoms with van der Waals surface area (Å²) in [7, 11) is 0. The molecule has 1 aliphatic rings. The summed E-state index contributed by atoms with van der Waals surface area (Å²) >= 11 is 7.56. The van der Waals surface area contributed by atoms with Gasteiger partial charge in [0, 0.05) is 10.8 Å². The Hall–Kier alpha value is -1.71. The van der Waals surface area contributed by atoms with Crippen molar-refractivity contribution in [3.63, 3.8) is 0 Å². The van der Waals surface area contributed by atoms with Gasteiger partial charge in [-0.15, -0.1) is 0 Å². The smallest absolute Gasteiger partial charge is 0.154 e. The van der Waals surface area contributed by atoms with Gasteiger partial charge < -0.3 is 5.73 Å². The summed E-state index contributed by atoms with van der Waals surface area (Å²) in [4.78, 5) is 4.69. The number of nitrogens with zero attached hydrogens (tertiary/aromatic N) is 1. The summed E-state index contributed by atoms with van der Waals surface area (Å²) in [5.41, 5.74) is 9.48. The molecule has 3 rings (SSSR count). The summed E-state index contributed by atoms with van der Waals surface area (Å²) in [6.45, 7) is 2.17. The van der Waals surface area contributed by atoms with Crippen molar-refractivity contribution < 1.29 is 0 Å². The number of thioether (sulfide) groups is 1. The lowest BCUT2D eigenvalue weighted by Crippen LogP contribution is -2.28. The zero-order chi connectivity index (χ0) is 17.7. The normalized spacial score (nSPS) is 20.6. The largest absolute Gasteiger partial charge is 0.379 e. The SMILES string of the molecule is CC1(c2cccc(C=CCCc3ccc(Cl)cc3)c2)CCSC(N)=N1. The van der Waals surface area contributed by atoms with Gasteiger partial charge in [0.25, 0.3) is 0 Å². The fourth-order valence-electron chi connectivity index (χ4n) is 2.99. The Balaban J connectivity index is 1.65. The molecule has 0 saturated heterocycles. The van der Waals surface area contributed by atoms with E-state index in [1.165, 1.54) is 16.7 Å². The van der Waals surface area contributed by atoms with Gasteiger partial charge in [0.15, 0.2) is 5.17 Å². The minimum absolute atomic E-state index is 0.206. The molecule has 2 N–H and O–H groups in total. The van der Waals surface area contributed by atoms with Crippen LogP contribution >= 0.6 is 23.4 Å². The summed E-state index contributed by atoms with van der Waals surface area (Å²) in [5, 5.41) is 1.48. The summed E-state index contributed by atoms with van der Waals surface area (Å²) in [5.74, 6) is 1.02. The van der Waals surface area contributed by atoms with Crippen LogP contribution in [-0.2, 0) is 12.0 Å². The van der Waals surface area contributed by atoms with Crippen molar-refractivity contribution in [2.75, 3.05) is 5.75 Å². The van der Waals surface area contributed by atoms with Crippen molar-refractivity contribution in [2.24, 2.45) is 10.7 Å². The van der Waals surface area contributed by atoms with E-state index in [4.69, 9.17) is 22.3 Å². The molecule has 2 aromatic rings. The van der Waals surface area contributed by atoms with Crippen LogP contribution in [0.25, 0.3) is 6.08 Å². The van der Waals surface area contributed by atoms with E-state index in [0.29, 0.717) is 5.17 Å². The Labute approximate surface area is 159 Å². The molecule has 0 spiro atoms. The molecule has 2 aromatic carbocycles. The van der Waals surface area contributed by atoms with Gasteiger partial charge in [-0.3, -0.25) is 4.99 Å².